The number of hydrogen-bond acceptors (Lipinski definition) is 8. The fourth-order valence-corrected chi connectivity index (χ4v) is 4.31. The van der Waals surface area contributed by atoms with Gasteiger partial charge >= 0.3 is 5.97 Å². The van der Waals surface area contributed by atoms with Crippen LogP contribution < -0.4 is 14.5 Å². The predicted octanol–water partition coefficient (Wildman–Crippen LogP) is 1.65. The molecule has 10 heteroatoms. The molecule has 3 unspecified atom stereocenters. The topological polar surface area (TPSA) is 131 Å². The lowest BCUT2D eigenvalue weighted by Gasteiger charge is -2.19. The largest absolute Gasteiger partial charge is 0.508 e. The summed E-state index contributed by atoms with van der Waals surface area (Å²) in [5.41, 5.74) is 0.584. The van der Waals surface area contributed by atoms with Gasteiger partial charge in [-0.25, -0.2) is 4.79 Å². The highest BCUT2D eigenvalue weighted by molar-refractivity contribution is 6.26. The maximum atomic E-state index is 13.2. The number of ether oxygens (including phenoxy) is 2. The molecule has 4 rings (SSSR count). The maximum absolute atomic E-state index is 13.2. The monoisotopic (exact) mass is 466 g/mol. The summed E-state index contributed by atoms with van der Waals surface area (Å²) in [7, 11) is 1.24. The zero-order valence-electron chi connectivity index (χ0n) is 18.5. The molecule has 2 heterocycles. The molecule has 0 saturated carbocycles. The number of benzene rings is 2. The Labute approximate surface area is 194 Å². The Kier molecular flexibility index (Phi) is 6.06. The minimum absolute atomic E-state index is 0.0126. The number of nitrogens with zero attached hydrogens (tertiary/aromatic N) is 2. The smallest absolute Gasteiger partial charge is 0.343 e. The minimum atomic E-state index is -0.981. The van der Waals surface area contributed by atoms with Crippen LogP contribution in [0.15, 0.2) is 48.5 Å². The number of esters is 1. The molecule has 1 N–H and O–H groups in total. The maximum Gasteiger partial charge on any atom is 0.343 e. The lowest BCUT2D eigenvalue weighted by Crippen LogP contribution is -2.36. The van der Waals surface area contributed by atoms with Gasteiger partial charge in [0.1, 0.15) is 11.5 Å². The number of carbonyl (C=O) groups excluding carboxylic acids is 5. The van der Waals surface area contributed by atoms with E-state index in [0.717, 1.165) is 9.80 Å². The molecular formula is C24H22N2O8. The van der Waals surface area contributed by atoms with Crippen LogP contribution in [0.2, 0.25) is 0 Å². The first-order valence-corrected chi connectivity index (χ1v) is 10.6. The van der Waals surface area contributed by atoms with Crippen molar-refractivity contribution < 1.29 is 38.6 Å². The van der Waals surface area contributed by atoms with Crippen LogP contribution in [-0.2, 0) is 28.7 Å². The molecule has 3 atom stereocenters. The first-order valence-electron chi connectivity index (χ1n) is 10.6. The zero-order chi connectivity index (χ0) is 24.6. The third-order valence-corrected chi connectivity index (χ3v) is 6.06. The van der Waals surface area contributed by atoms with Crippen LogP contribution in [0.1, 0.15) is 13.3 Å². The summed E-state index contributed by atoms with van der Waals surface area (Å²) in [6.07, 6.45) is -0.198. The molecule has 0 radical (unpaired) electrons. The molecule has 2 aliphatic heterocycles. The molecule has 2 aromatic carbocycles. The summed E-state index contributed by atoms with van der Waals surface area (Å²) < 4.78 is 9.77. The summed E-state index contributed by atoms with van der Waals surface area (Å²) in [4.78, 5) is 65.2. The third-order valence-electron chi connectivity index (χ3n) is 6.06. The number of imide groups is 2. The number of phenols is 1. The van der Waals surface area contributed by atoms with E-state index in [1.165, 1.54) is 55.6 Å². The van der Waals surface area contributed by atoms with Gasteiger partial charge < -0.3 is 14.6 Å². The third kappa shape index (κ3) is 3.98. The van der Waals surface area contributed by atoms with Gasteiger partial charge in [-0.3, -0.25) is 29.0 Å². The number of aromatic hydroxyl groups is 1. The zero-order valence-corrected chi connectivity index (χ0v) is 18.5. The Bertz CT molecular complexity index is 1160. The fraction of sp³-hybridized carbons (Fsp3) is 0.292. The van der Waals surface area contributed by atoms with Crippen LogP contribution in [0.4, 0.5) is 11.4 Å². The molecule has 0 aliphatic carbocycles. The SMILES string of the molecule is COC(=O)COc1ccc(N2C(=O)CC(C3C(=O)N(c4ccc(O)cc4)C(=O)C3C)C2=O)cc1. The standard InChI is InChI=1S/C24H22N2O8/c1-13-21(24(32)26(22(13)30)15-3-7-16(27)8-4-15)18-11-19(28)25(23(18)31)14-5-9-17(10-6-14)34-12-20(29)33-2/h3-10,13,18,21,27H,11-12H2,1-2H3. The highest BCUT2D eigenvalue weighted by Crippen LogP contribution is 2.41. The van der Waals surface area contributed by atoms with E-state index in [1.54, 1.807) is 6.92 Å². The first kappa shape index (κ1) is 23.0. The molecular weight excluding hydrogens is 444 g/mol. The summed E-state index contributed by atoms with van der Waals surface area (Å²) in [6, 6.07) is 11.6. The van der Waals surface area contributed by atoms with Crippen molar-refractivity contribution in [2.24, 2.45) is 17.8 Å². The van der Waals surface area contributed by atoms with Crippen LogP contribution in [0.5, 0.6) is 11.5 Å². The molecule has 0 bridgehead atoms. The average Bonchev–Trinajstić information content (AvgIpc) is 3.23. The lowest BCUT2D eigenvalue weighted by molar-refractivity contribution is -0.143. The number of carbonyl (C=O) groups is 5. The Balaban J connectivity index is 1.53. The van der Waals surface area contributed by atoms with Crippen molar-refractivity contribution in [3.63, 3.8) is 0 Å². The molecule has 0 spiro atoms. The van der Waals surface area contributed by atoms with Crippen LogP contribution >= 0.6 is 0 Å². The molecule has 2 aromatic rings. The molecule has 176 valence electrons. The van der Waals surface area contributed by atoms with Crippen molar-refractivity contribution in [1.82, 2.24) is 0 Å². The van der Waals surface area contributed by atoms with Crippen molar-refractivity contribution in [2.75, 3.05) is 23.5 Å². The van der Waals surface area contributed by atoms with E-state index in [0.29, 0.717) is 17.1 Å². The van der Waals surface area contributed by atoms with Gasteiger partial charge in [0.2, 0.25) is 23.6 Å². The second-order valence-electron chi connectivity index (χ2n) is 8.08. The molecule has 2 aliphatic rings. The fourth-order valence-electron chi connectivity index (χ4n) is 4.31. The van der Waals surface area contributed by atoms with E-state index < -0.39 is 47.4 Å². The summed E-state index contributed by atoms with van der Waals surface area (Å²) >= 11 is 0. The molecule has 0 aromatic heterocycles. The van der Waals surface area contributed by atoms with E-state index in [1.807, 2.05) is 0 Å². The molecule has 10 nitrogen and oxygen atoms in total. The van der Waals surface area contributed by atoms with Gasteiger partial charge in [-0.15, -0.1) is 0 Å². The van der Waals surface area contributed by atoms with Crippen LogP contribution in [0, 0.1) is 17.8 Å². The molecule has 34 heavy (non-hydrogen) atoms. The van der Waals surface area contributed by atoms with Gasteiger partial charge in [-0.05, 0) is 48.5 Å². The van der Waals surface area contributed by atoms with Crippen molar-refractivity contribution in [2.45, 2.75) is 13.3 Å². The van der Waals surface area contributed by atoms with Gasteiger partial charge in [0, 0.05) is 12.3 Å². The van der Waals surface area contributed by atoms with Crippen molar-refractivity contribution in [3.05, 3.63) is 48.5 Å². The first-order chi connectivity index (χ1) is 16.2. The summed E-state index contributed by atoms with van der Waals surface area (Å²) in [5, 5.41) is 9.49. The number of rotatable bonds is 6. The van der Waals surface area contributed by atoms with Crippen LogP contribution in [0.25, 0.3) is 0 Å². The molecule has 4 amide bonds. The van der Waals surface area contributed by atoms with E-state index in [4.69, 9.17) is 4.74 Å². The van der Waals surface area contributed by atoms with E-state index >= 15 is 0 Å². The summed E-state index contributed by atoms with van der Waals surface area (Å²) in [5.74, 6) is -5.02. The quantitative estimate of drug-likeness (QED) is 0.502. The van der Waals surface area contributed by atoms with E-state index in [2.05, 4.69) is 4.74 Å². The highest BCUT2D eigenvalue weighted by Gasteiger charge is 2.55. The molecule has 2 fully saturated rings. The highest BCUT2D eigenvalue weighted by atomic mass is 16.6. The Morgan fingerprint density at radius 3 is 2.12 bits per heavy atom. The van der Waals surface area contributed by atoms with Crippen LogP contribution in [0.3, 0.4) is 0 Å². The number of phenolic OH excluding ortho intramolecular Hbond substituents is 1. The second kappa shape index (κ2) is 8.97. The van der Waals surface area contributed by atoms with E-state index in [9.17, 15) is 29.1 Å². The second-order valence-corrected chi connectivity index (χ2v) is 8.08. The van der Waals surface area contributed by atoms with Gasteiger partial charge in [0.25, 0.3) is 0 Å². The van der Waals surface area contributed by atoms with Gasteiger partial charge in [0.15, 0.2) is 6.61 Å². The predicted molar refractivity (Wildman–Crippen MR) is 118 cm³/mol. The average molecular weight is 466 g/mol. The number of amides is 4. The van der Waals surface area contributed by atoms with Crippen molar-refractivity contribution in [1.29, 1.82) is 0 Å². The number of methoxy groups -OCH3 is 1. The Morgan fingerprint density at radius 1 is 0.912 bits per heavy atom. The number of anilines is 2. The van der Waals surface area contributed by atoms with Crippen LogP contribution in [-0.4, -0.2) is 48.4 Å². The van der Waals surface area contributed by atoms with Gasteiger partial charge in [-0.2, -0.15) is 0 Å². The number of hydrogen-bond donors (Lipinski definition) is 1. The van der Waals surface area contributed by atoms with Crippen molar-refractivity contribution >= 4 is 41.0 Å². The van der Waals surface area contributed by atoms with E-state index in [-0.39, 0.29) is 18.8 Å². The van der Waals surface area contributed by atoms with Gasteiger partial charge in [-0.1, -0.05) is 6.92 Å². The normalized spacial score (nSPS) is 22.5. The Morgan fingerprint density at radius 2 is 1.50 bits per heavy atom. The Hall–Kier alpha value is -4.21. The van der Waals surface area contributed by atoms with Crippen molar-refractivity contribution in [3.8, 4) is 11.5 Å². The lowest BCUT2D eigenvalue weighted by atomic mass is 9.83. The molecule has 2 saturated heterocycles. The minimum Gasteiger partial charge on any atom is -0.508 e. The van der Waals surface area contributed by atoms with Gasteiger partial charge in [0.05, 0.1) is 30.3 Å². The summed E-state index contributed by atoms with van der Waals surface area (Å²) in [6.45, 7) is 1.28.